The number of sulfonamides is 1. The van der Waals surface area contributed by atoms with Gasteiger partial charge in [0.2, 0.25) is 5.91 Å². The Morgan fingerprint density at radius 2 is 2.00 bits per heavy atom. The van der Waals surface area contributed by atoms with E-state index in [1.165, 1.54) is 25.2 Å². The van der Waals surface area contributed by atoms with Crippen LogP contribution in [0, 0.1) is 0 Å². The Morgan fingerprint density at radius 1 is 1.29 bits per heavy atom. The van der Waals surface area contributed by atoms with Crippen LogP contribution in [0.2, 0.25) is 0 Å². The molecule has 0 saturated carbocycles. The van der Waals surface area contributed by atoms with Crippen LogP contribution >= 0.6 is 23.1 Å². The number of hydrogen-bond donors (Lipinski definition) is 1. The number of carbonyl (C=O) groups is 1. The van der Waals surface area contributed by atoms with Crippen molar-refractivity contribution in [3.8, 4) is 0 Å². The maximum Gasteiger partial charge on any atom is 0.288 e. The van der Waals surface area contributed by atoms with Crippen molar-refractivity contribution in [2.45, 2.75) is 14.9 Å². The highest BCUT2D eigenvalue weighted by molar-refractivity contribution is 7.99. The largest absolute Gasteiger partial charge is 0.324 e. The van der Waals surface area contributed by atoms with E-state index in [2.05, 4.69) is 5.32 Å². The first-order valence-corrected chi connectivity index (χ1v) is 9.84. The topological polar surface area (TPSA) is 66.5 Å². The number of halogens is 2. The number of benzene rings is 1. The van der Waals surface area contributed by atoms with Crippen LogP contribution in [-0.4, -0.2) is 38.0 Å². The summed E-state index contributed by atoms with van der Waals surface area (Å²) in [5, 5.41) is 4.09. The highest BCUT2D eigenvalue weighted by atomic mass is 32.2. The second kappa shape index (κ2) is 8.06. The molecule has 0 unspecified atom stereocenters. The number of para-hydroxylation sites is 1. The molecule has 130 valence electrons. The fraction of sp³-hybridized carbons (Fsp3) is 0.214. The van der Waals surface area contributed by atoms with Gasteiger partial charge in [0, 0.05) is 11.9 Å². The molecule has 1 N–H and O–H groups in total. The maximum absolute atomic E-state index is 12.5. The van der Waals surface area contributed by atoms with E-state index in [9.17, 15) is 22.0 Å². The number of carbonyl (C=O) groups excluding carboxylic acids is 1. The summed E-state index contributed by atoms with van der Waals surface area (Å²) in [5.41, 5.74) is 0.217. The summed E-state index contributed by atoms with van der Waals surface area (Å²) in [6.07, 6.45) is 0. The van der Waals surface area contributed by atoms with E-state index < -0.39 is 28.2 Å². The van der Waals surface area contributed by atoms with Gasteiger partial charge in [-0.25, -0.2) is 8.42 Å². The summed E-state index contributed by atoms with van der Waals surface area (Å²) in [6, 6.07) is 9.16. The standard InChI is InChI=1S/C14H14F2N2O3S3/c1-18(24(20,21)13-7-4-8-22-13)9-12(19)17-10-5-2-3-6-11(10)23-14(15)16/h2-8,14H,9H2,1H3,(H,17,19). The van der Waals surface area contributed by atoms with E-state index in [0.29, 0.717) is 11.8 Å². The van der Waals surface area contributed by atoms with Gasteiger partial charge >= 0.3 is 0 Å². The Bertz CT molecular complexity index is 795. The average Bonchev–Trinajstić information content (AvgIpc) is 3.03. The minimum atomic E-state index is -3.75. The molecular formula is C14H14F2N2O3S3. The quantitative estimate of drug-likeness (QED) is 0.734. The number of anilines is 1. The normalized spacial score (nSPS) is 11.9. The SMILES string of the molecule is CN(CC(=O)Nc1ccccc1SC(F)F)S(=O)(=O)c1cccs1. The van der Waals surface area contributed by atoms with Crippen molar-refractivity contribution in [2.75, 3.05) is 18.9 Å². The molecular weight excluding hydrogens is 378 g/mol. The molecule has 0 spiro atoms. The van der Waals surface area contributed by atoms with Gasteiger partial charge in [0.25, 0.3) is 15.8 Å². The summed E-state index contributed by atoms with van der Waals surface area (Å²) in [5.74, 6) is -3.23. The predicted molar refractivity (Wildman–Crippen MR) is 91.1 cm³/mol. The van der Waals surface area contributed by atoms with Gasteiger partial charge in [0.05, 0.1) is 12.2 Å². The highest BCUT2D eigenvalue weighted by Crippen LogP contribution is 2.31. The van der Waals surface area contributed by atoms with Crippen LogP contribution in [0.1, 0.15) is 0 Å². The molecule has 1 aromatic heterocycles. The van der Waals surface area contributed by atoms with Gasteiger partial charge in [-0.2, -0.15) is 13.1 Å². The van der Waals surface area contributed by atoms with Crippen molar-refractivity contribution >= 4 is 44.7 Å². The molecule has 1 amide bonds. The Balaban J connectivity index is 2.06. The zero-order chi connectivity index (χ0) is 17.7. The van der Waals surface area contributed by atoms with Crippen LogP contribution < -0.4 is 5.32 Å². The van der Waals surface area contributed by atoms with Gasteiger partial charge in [-0.15, -0.1) is 11.3 Å². The van der Waals surface area contributed by atoms with Crippen molar-refractivity contribution in [2.24, 2.45) is 0 Å². The van der Waals surface area contributed by atoms with Crippen LogP contribution in [0.3, 0.4) is 0 Å². The minimum absolute atomic E-state index is 0.131. The summed E-state index contributed by atoms with van der Waals surface area (Å²) in [4.78, 5) is 12.3. The Morgan fingerprint density at radius 3 is 2.62 bits per heavy atom. The lowest BCUT2D eigenvalue weighted by molar-refractivity contribution is -0.116. The van der Waals surface area contributed by atoms with Gasteiger partial charge in [-0.05, 0) is 23.6 Å². The molecule has 5 nitrogen and oxygen atoms in total. The Labute approximate surface area is 146 Å². The molecule has 0 atom stereocenters. The first-order chi connectivity index (χ1) is 11.3. The third-order valence-electron chi connectivity index (χ3n) is 2.90. The summed E-state index contributed by atoms with van der Waals surface area (Å²) < 4.78 is 50.6. The van der Waals surface area contributed by atoms with Gasteiger partial charge in [-0.1, -0.05) is 30.0 Å². The predicted octanol–water partition coefficient (Wildman–Crippen LogP) is 3.32. The third kappa shape index (κ3) is 4.76. The highest BCUT2D eigenvalue weighted by Gasteiger charge is 2.24. The molecule has 0 fully saturated rings. The van der Waals surface area contributed by atoms with E-state index in [-0.39, 0.29) is 14.8 Å². The molecule has 0 saturated heterocycles. The number of rotatable bonds is 7. The number of likely N-dealkylation sites (N-methyl/N-ethyl adjacent to an activating group) is 1. The first-order valence-electron chi connectivity index (χ1n) is 6.64. The molecule has 24 heavy (non-hydrogen) atoms. The summed E-state index contributed by atoms with van der Waals surface area (Å²) in [7, 11) is -2.46. The molecule has 10 heteroatoms. The monoisotopic (exact) mass is 392 g/mol. The van der Waals surface area contributed by atoms with Gasteiger partial charge < -0.3 is 5.32 Å². The number of nitrogens with one attached hydrogen (secondary N) is 1. The molecule has 0 aliphatic rings. The second-order valence-electron chi connectivity index (χ2n) is 4.62. The van der Waals surface area contributed by atoms with E-state index in [0.717, 1.165) is 15.6 Å². The van der Waals surface area contributed by atoms with E-state index in [1.54, 1.807) is 23.6 Å². The molecule has 0 radical (unpaired) electrons. The van der Waals surface area contributed by atoms with Crippen LogP contribution in [0.5, 0.6) is 0 Å². The fourth-order valence-corrected chi connectivity index (χ4v) is 4.73. The molecule has 0 aliphatic carbocycles. The number of thiophene rings is 1. The van der Waals surface area contributed by atoms with Gasteiger partial charge in [0.15, 0.2) is 0 Å². The zero-order valence-corrected chi connectivity index (χ0v) is 14.9. The number of thioether (sulfide) groups is 1. The molecule has 0 bridgehead atoms. The number of hydrogen-bond acceptors (Lipinski definition) is 5. The van der Waals surface area contributed by atoms with Crippen LogP contribution in [0.25, 0.3) is 0 Å². The lowest BCUT2D eigenvalue weighted by Crippen LogP contribution is -2.34. The molecule has 1 heterocycles. The first kappa shape index (κ1) is 18.8. The number of amides is 1. The van der Waals surface area contributed by atoms with Crippen molar-refractivity contribution in [3.05, 3.63) is 41.8 Å². The van der Waals surface area contributed by atoms with Gasteiger partial charge in [-0.3, -0.25) is 4.79 Å². The van der Waals surface area contributed by atoms with E-state index in [4.69, 9.17) is 0 Å². The number of alkyl halides is 2. The smallest absolute Gasteiger partial charge is 0.288 e. The lowest BCUT2D eigenvalue weighted by atomic mass is 10.3. The van der Waals surface area contributed by atoms with Crippen molar-refractivity contribution in [1.29, 1.82) is 0 Å². The molecule has 2 aromatic rings. The Hall–Kier alpha value is -1.49. The van der Waals surface area contributed by atoms with Crippen molar-refractivity contribution in [1.82, 2.24) is 4.31 Å². The van der Waals surface area contributed by atoms with Crippen molar-refractivity contribution in [3.63, 3.8) is 0 Å². The summed E-state index contributed by atoms with van der Waals surface area (Å²) >= 11 is 1.36. The Kier molecular flexibility index (Phi) is 6.33. The maximum atomic E-state index is 12.5. The number of nitrogens with zero attached hydrogens (tertiary/aromatic N) is 1. The van der Waals surface area contributed by atoms with Crippen LogP contribution in [-0.2, 0) is 14.8 Å². The van der Waals surface area contributed by atoms with Gasteiger partial charge in [0.1, 0.15) is 4.21 Å². The second-order valence-corrected chi connectivity index (χ2v) is 8.87. The minimum Gasteiger partial charge on any atom is -0.324 e. The molecule has 0 aliphatic heterocycles. The zero-order valence-electron chi connectivity index (χ0n) is 12.5. The molecule has 1 aromatic carbocycles. The fourth-order valence-electron chi connectivity index (χ4n) is 1.81. The van der Waals surface area contributed by atoms with Crippen molar-refractivity contribution < 1.29 is 22.0 Å². The lowest BCUT2D eigenvalue weighted by Gasteiger charge is -2.16. The summed E-state index contributed by atoms with van der Waals surface area (Å²) in [6.45, 7) is -0.423. The van der Waals surface area contributed by atoms with Crippen LogP contribution in [0.4, 0.5) is 14.5 Å². The third-order valence-corrected chi connectivity index (χ3v) is 6.87. The van der Waals surface area contributed by atoms with E-state index >= 15 is 0 Å². The van der Waals surface area contributed by atoms with Crippen LogP contribution in [0.15, 0.2) is 50.9 Å². The van der Waals surface area contributed by atoms with E-state index in [1.807, 2.05) is 0 Å². The molecule has 2 rings (SSSR count). The average molecular weight is 392 g/mol.